The Labute approximate surface area is 348 Å². The van der Waals surface area contributed by atoms with Crippen molar-refractivity contribution >= 4 is 24.2 Å². The molecule has 2 aliphatic rings. The highest BCUT2D eigenvalue weighted by Gasteiger charge is 2.48. The van der Waals surface area contributed by atoms with Crippen LogP contribution in [0, 0.1) is 30.1 Å². The number of benzene rings is 2. The molecule has 2 aromatic carbocycles. The van der Waals surface area contributed by atoms with Crippen LogP contribution in [0.2, 0.25) is 0 Å². The van der Waals surface area contributed by atoms with Gasteiger partial charge in [-0.05, 0) is 79.8 Å². The Bertz CT molecular complexity index is 1710. The van der Waals surface area contributed by atoms with Crippen LogP contribution < -0.4 is 9.47 Å². The third kappa shape index (κ3) is 14.5. The van der Waals surface area contributed by atoms with Gasteiger partial charge in [-0.2, -0.15) is 0 Å². The highest BCUT2D eigenvalue weighted by Crippen LogP contribution is 2.39. The lowest BCUT2D eigenvalue weighted by atomic mass is 9.86. The summed E-state index contributed by atoms with van der Waals surface area (Å²) in [6.45, 7) is 17.2. The highest BCUT2D eigenvalue weighted by atomic mass is 16.7. The number of carboxylic acid groups (broad SMARTS) is 1. The van der Waals surface area contributed by atoms with Crippen molar-refractivity contribution in [2.75, 3.05) is 46.2 Å². The molecule has 0 bridgehead atoms. The Hall–Kier alpha value is -4.24. The van der Waals surface area contributed by atoms with Crippen LogP contribution >= 0.6 is 0 Å². The molecule has 1 spiro atoms. The smallest absolute Gasteiger partial charge is 0.465 e. The predicted octanol–water partition coefficient (Wildman–Crippen LogP) is 8.45. The van der Waals surface area contributed by atoms with E-state index in [2.05, 4.69) is 6.92 Å². The zero-order valence-electron chi connectivity index (χ0n) is 36.1. The number of hydrogen-bond donors (Lipinski definition) is 1. The second-order valence-corrected chi connectivity index (χ2v) is 17.2. The first kappa shape index (κ1) is 47.4. The third-order valence-electron chi connectivity index (χ3n) is 10.4. The van der Waals surface area contributed by atoms with Gasteiger partial charge in [0.2, 0.25) is 0 Å². The first-order valence-corrected chi connectivity index (χ1v) is 20.7. The van der Waals surface area contributed by atoms with Crippen molar-refractivity contribution in [1.29, 1.82) is 0 Å². The van der Waals surface area contributed by atoms with Crippen LogP contribution in [0.1, 0.15) is 108 Å². The number of esters is 2. The molecule has 1 N–H and O–H groups in total. The van der Waals surface area contributed by atoms with Gasteiger partial charge >= 0.3 is 24.2 Å². The van der Waals surface area contributed by atoms with Crippen LogP contribution in [-0.4, -0.2) is 88.2 Å². The molecule has 328 valence electrons. The van der Waals surface area contributed by atoms with Gasteiger partial charge in [0.1, 0.15) is 24.7 Å². The van der Waals surface area contributed by atoms with Gasteiger partial charge in [-0.15, -0.1) is 0 Å². The molecular formula is C45H64O14. The number of ether oxygens (including phenoxy) is 9. The summed E-state index contributed by atoms with van der Waals surface area (Å²) < 4.78 is 51.5. The van der Waals surface area contributed by atoms with Crippen molar-refractivity contribution in [3.8, 4) is 11.5 Å². The number of hydrogen-bond acceptors (Lipinski definition) is 13. The summed E-state index contributed by atoms with van der Waals surface area (Å²) in [4.78, 5) is 48.7. The van der Waals surface area contributed by atoms with E-state index in [-0.39, 0.29) is 38.0 Å². The average molecular weight is 829 g/mol. The molecule has 0 radical (unpaired) electrons. The van der Waals surface area contributed by atoms with Crippen LogP contribution in [0.5, 0.6) is 11.5 Å². The standard InChI is InChI=1S/C45H64O14/c1-9-11-13-34-23-33(22-31(4)38(34)59-41(48)49)16-19-37(47)53-25-44(7,8)40-56-28-45(29-57-40)26-54-39(55-27-45)43(5,6)24-52-36(46)18-15-32-14-17-35(30(3)21-32)58-42(50)51-20-12-10-2/h14,17,21-23,39-40H,9-13,15-16,18-20,24-29H2,1-8H3,(H,48,49). The fourth-order valence-corrected chi connectivity index (χ4v) is 6.82. The molecule has 2 aromatic rings. The lowest BCUT2D eigenvalue weighted by Crippen LogP contribution is -2.57. The number of carbonyl (C=O) groups excluding carboxylic acids is 3. The van der Waals surface area contributed by atoms with Crippen molar-refractivity contribution in [3.63, 3.8) is 0 Å². The molecule has 2 saturated heterocycles. The Morgan fingerprint density at radius 1 is 0.695 bits per heavy atom. The van der Waals surface area contributed by atoms with E-state index in [0.717, 1.165) is 47.9 Å². The van der Waals surface area contributed by atoms with E-state index >= 15 is 0 Å². The van der Waals surface area contributed by atoms with Crippen molar-refractivity contribution in [2.24, 2.45) is 16.2 Å². The van der Waals surface area contributed by atoms with E-state index in [1.807, 2.05) is 65.8 Å². The maximum absolute atomic E-state index is 12.8. The summed E-state index contributed by atoms with van der Waals surface area (Å²) in [6.07, 6.45) is 2.15. The second kappa shape index (κ2) is 21.8. The SMILES string of the molecule is CCCCOC(=O)Oc1ccc(CCC(=O)OCC(C)(C)C2OCC3(CO2)COC(C(C)(C)COC(=O)CCc2cc(C)c(OC(=O)O)c(CCCC)c2)OC3)cc1C. The fraction of sp³-hybridized carbons (Fsp3) is 0.644. The number of aryl methyl sites for hydroxylation is 5. The molecule has 0 unspecified atom stereocenters. The van der Waals surface area contributed by atoms with Crippen LogP contribution in [0.15, 0.2) is 30.3 Å². The van der Waals surface area contributed by atoms with Crippen molar-refractivity contribution in [3.05, 3.63) is 58.1 Å². The van der Waals surface area contributed by atoms with Gasteiger partial charge in [0.15, 0.2) is 12.6 Å². The summed E-state index contributed by atoms with van der Waals surface area (Å²) in [5.41, 5.74) is 2.34. The molecule has 0 amide bonds. The largest absolute Gasteiger partial charge is 0.513 e. The molecule has 0 aromatic heterocycles. The number of carbonyl (C=O) groups is 4. The van der Waals surface area contributed by atoms with Gasteiger partial charge in [0.05, 0.1) is 38.4 Å². The van der Waals surface area contributed by atoms with E-state index < -0.39 is 41.1 Å². The Balaban J connectivity index is 1.16. The van der Waals surface area contributed by atoms with Crippen LogP contribution in [0.4, 0.5) is 9.59 Å². The van der Waals surface area contributed by atoms with Gasteiger partial charge in [-0.25, -0.2) is 9.59 Å². The Kier molecular flexibility index (Phi) is 17.6. The van der Waals surface area contributed by atoms with Crippen molar-refractivity contribution in [1.82, 2.24) is 0 Å². The van der Waals surface area contributed by atoms with Gasteiger partial charge in [0, 0.05) is 23.7 Å². The Morgan fingerprint density at radius 2 is 1.22 bits per heavy atom. The van der Waals surface area contributed by atoms with Crippen LogP contribution in [-0.2, 0) is 62.0 Å². The minimum atomic E-state index is -1.35. The highest BCUT2D eigenvalue weighted by molar-refractivity contribution is 5.70. The van der Waals surface area contributed by atoms with Crippen molar-refractivity contribution in [2.45, 2.75) is 126 Å². The molecule has 2 heterocycles. The molecule has 0 aliphatic carbocycles. The summed E-state index contributed by atoms with van der Waals surface area (Å²) >= 11 is 0. The van der Waals surface area contributed by atoms with E-state index in [4.69, 9.17) is 42.6 Å². The normalized spacial score (nSPS) is 19.5. The average Bonchev–Trinajstić information content (AvgIpc) is 3.19. The quantitative estimate of drug-likeness (QED) is 0.0583. The van der Waals surface area contributed by atoms with Crippen LogP contribution in [0.3, 0.4) is 0 Å². The van der Waals surface area contributed by atoms with E-state index in [1.54, 1.807) is 13.0 Å². The summed E-state index contributed by atoms with van der Waals surface area (Å²) in [6, 6.07) is 9.15. The zero-order chi connectivity index (χ0) is 43.2. The molecule has 0 saturated carbocycles. The minimum absolute atomic E-state index is 0.0930. The molecule has 0 atom stereocenters. The van der Waals surface area contributed by atoms with Gasteiger partial charge in [0.25, 0.3) is 0 Å². The first-order valence-electron chi connectivity index (χ1n) is 20.7. The predicted molar refractivity (Wildman–Crippen MR) is 216 cm³/mol. The maximum Gasteiger partial charge on any atom is 0.513 e. The second-order valence-electron chi connectivity index (χ2n) is 17.2. The molecule has 2 aliphatic heterocycles. The van der Waals surface area contributed by atoms with E-state index in [0.29, 0.717) is 69.4 Å². The topological polar surface area (TPSA) is 172 Å². The van der Waals surface area contributed by atoms with Gasteiger partial charge in [-0.1, -0.05) is 78.6 Å². The molecular weight excluding hydrogens is 764 g/mol. The van der Waals surface area contributed by atoms with Crippen molar-refractivity contribution < 1.29 is 66.9 Å². The van der Waals surface area contributed by atoms with Gasteiger partial charge < -0.3 is 47.7 Å². The monoisotopic (exact) mass is 828 g/mol. The van der Waals surface area contributed by atoms with E-state index in [1.165, 1.54) is 0 Å². The number of unbranched alkanes of at least 4 members (excludes halogenated alkanes) is 2. The lowest BCUT2D eigenvalue weighted by Gasteiger charge is -2.48. The summed E-state index contributed by atoms with van der Waals surface area (Å²) in [5, 5.41) is 9.18. The molecule has 4 rings (SSSR count). The molecule has 59 heavy (non-hydrogen) atoms. The molecule has 2 fully saturated rings. The first-order chi connectivity index (χ1) is 28.0. The van der Waals surface area contributed by atoms with E-state index in [9.17, 15) is 24.3 Å². The maximum atomic E-state index is 12.8. The molecule has 14 heteroatoms. The zero-order valence-corrected chi connectivity index (χ0v) is 36.1. The Morgan fingerprint density at radius 3 is 1.73 bits per heavy atom. The fourth-order valence-electron chi connectivity index (χ4n) is 6.82. The summed E-state index contributed by atoms with van der Waals surface area (Å²) in [5.74, 6) is 0.0786. The lowest BCUT2D eigenvalue weighted by molar-refractivity contribution is -0.337. The van der Waals surface area contributed by atoms with Crippen LogP contribution in [0.25, 0.3) is 0 Å². The minimum Gasteiger partial charge on any atom is -0.465 e. The number of rotatable bonds is 20. The third-order valence-corrected chi connectivity index (χ3v) is 10.4. The summed E-state index contributed by atoms with van der Waals surface area (Å²) in [7, 11) is 0. The molecule has 14 nitrogen and oxygen atoms in total. The van der Waals surface area contributed by atoms with Gasteiger partial charge in [-0.3, -0.25) is 9.59 Å².